The number of hydrogen-bond acceptors (Lipinski definition) is 4. The van der Waals surface area contributed by atoms with Gasteiger partial charge in [-0.15, -0.1) is 4.83 Å². The molecule has 6 nitrogen and oxygen atoms in total. The molecule has 3 aromatic rings. The molecule has 3 aromatic carbocycles. The summed E-state index contributed by atoms with van der Waals surface area (Å²) in [6.07, 6.45) is 2.23. The van der Waals surface area contributed by atoms with Gasteiger partial charge in [0.1, 0.15) is 5.82 Å². The Kier molecular flexibility index (Phi) is 6.40. The molecule has 156 valence electrons. The van der Waals surface area contributed by atoms with Gasteiger partial charge in [-0.2, -0.15) is 0 Å². The molecule has 0 atom stereocenters. The fraction of sp³-hybridized carbons (Fsp3) is 0.0952. The van der Waals surface area contributed by atoms with Crippen molar-refractivity contribution in [1.29, 1.82) is 0 Å². The van der Waals surface area contributed by atoms with Crippen LogP contribution in [0, 0.1) is 5.82 Å². The molecular formula is C21H19ClFN3O3S. The smallest absolute Gasteiger partial charge is 0.258 e. The summed E-state index contributed by atoms with van der Waals surface area (Å²) >= 11 is 5.68. The molecule has 30 heavy (non-hydrogen) atoms. The van der Waals surface area contributed by atoms with Crippen LogP contribution < -0.4 is 15.2 Å². The van der Waals surface area contributed by atoms with Crippen molar-refractivity contribution in [2.75, 3.05) is 19.0 Å². The molecule has 9 heteroatoms. The molecule has 1 amide bonds. The Hall–Kier alpha value is -2.94. The molecule has 0 fully saturated rings. The zero-order chi connectivity index (χ0) is 21.9. The van der Waals surface area contributed by atoms with Crippen LogP contribution in [-0.4, -0.2) is 28.4 Å². The number of benzene rings is 3. The van der Waals surface area contributed by atoms with E-state index in [0.717, 1.165) is 23.2 Å². The largest absolute Gasteiger partial charge is 0.377 e. The zero-order valence-electron chi connectivity index (χ0n) is 16.2. The number of hydrazine groups is 1. The van der Waals surface area contributed by atoms with Gasteiger partial charge < -0.3 is 4.90 Å². The summed E-state index contributed by atoms with van der Waals surface area (Å²) < 4.78 is 39.3. The van der Waals surface area contributed by atoms with Gasteiger partial charge in [0.2, 0.25) is 0 Å². The quantitative estimate of drug-likeness (QED) is 0.446. The van der Waals surface area contributed by atoms with Gasteiger partial charge in [0.15, 0.2) is 0 Å². The van der Waals surface area contributed by atoms with Crippen LogP contribution in [0.3, 0.4) is 0 Å². The Morgan fingerprint density at radius 2 is 1.77 bits per heavy atom. The minimum atomic E-state index is -4.05. The fourth-order valence-corrected chi connectivity index (χ4v) is 4.13. The van der Waals surface area contributed by atoms with E-state index in [0.29, 0.717) is 5.39 Å². The van der Waals surface area contributed by atoms with Gasteiger partial charge in [0.25, 0.3) is 15.9 Å². The van der Waals surface area contributed by atoms with Crippen molar-refractivity contribution in [2.24, 2.45) is 0 Å². The number of rotatable bonds is 6. The van der Waals surface area contributed by atoms with Crippen LogP contribution in [0.5, 0.6) is 0 Å². The fourth-order valence-electron chi connectivity index (χ4n) is 2.91. The average Bonchev–Trinajstić information content (AvgIpc) is 2.70. The van der Waals surface area contributed by atoms with Gasteiger partial charge >= 0.3 is 0 Å². The lowest BCUT2D eigenvalue weighted by Gasteiger charge is -2.17. The first-order valence-electron chi connectivity index (χ1n) is 8.83. The van der Waals surface area contributed by atoms with Gasteiger partial charge in [0.05, 0.1) is 4.90 Å². The molecule has 0 aliphatic carbocycles. The Morgan fingerprint density at radius 1 is 1.07 bits per heavy atom. The summed E-state index contributed by atoms with van der Waals surface area (Å²) in [5.41, 5.74) is 3.11. The molecule has 3 rings (SSSR count). The van der Waals surface area contributed by atoms with Crippen molar-refractivity contribution in [1.82, 2.24) is 10.3 Å². The molecule has 0 spiro atoms. The normalized spacial score (nSPS) is 11.7. The van der Waals surface area contributed by atoms with Crippen molar-refractivity contribution in [2.45, 2.75) is 4.90 Å². The SMILES string of the molecule is CN(C)c1cccc2c(S(=O)(=O)NNC(=O)C=Cc3ccc(Cl)cc3F)cccc12. The van der Waals surface area contributed by atoms with E-state index in [1.54, 1.807) is 18.2 Å². The highest BCUT2D eigenvalue weighted by atomic mass is 35.5. The van der Waals surface area contributed by atoms with E-state index in [9.17, 15) is 17.6 Å². The van der Waals surface area contributed by atoms with Crippen molar-refractivity contribution in [3.8, 4) is 0 Å². The summed E-state index contributed by atoms with van der Waals surface area (Å²) in [6, 6.07) is 14.3. The summed E-state index contributed by atoms with van der Waals surface area (Å²) in [5, 5.41) is 1.51. The number of anilines is 1. The Bertz CT molecular complexity index is 1240. The third kappa shape index (κ3) is 4.79. The molecule has 0 aliphatic heterocycles. The maximum Gasteiger partial charge on any atom is 0.258 e. The topological polar surface area (TPSA) is 78.5 Å². The Morgan fingerprint density at radius 3 is 2.47 bits per heavy atom. The molecule has 0 saturated heterocycles. The number of amides is 1. The van der Waals surface area contributed by atoms with Crippen molar-refractivity contribution in [3.63, 3.8) is 0 Å². The molecule has 0 heterocycles. The molecule has 0 radical (unpaired) electrons. The summed E-state index contributed by atoms with van der Waals surface area (Å²) in [5.74, 6) is -1.36. The second-order valence-corrected chi connectivity index (χ2v) is 8.70. The van der Waals surface area contributed by atoms with Crippen LogP contribution in [0.2, 0.25) is 5.02 Å². The third-order valence-corrected chi connectivity index (χ3v) is 5.86. The second kappa shape index (κ2) is 8.83. The molecule has 0 aromatic heterocycles. The number of sulfonamides is 1. The van der Waals surface area contributed by atoms with Gasteiger partial charge in [-0.3, -0.25) is 10.2 Å². The number of carbonyl (C=O) groups excluding carboxylic acids is 1. The lowest BCUT2D eigenvalue weighted by Crippen LogP contribution is -2.40. The number of nitrogens with one attached hydrogen (secondary N) is 2. The maximum atomic E-state index is 13.8. The van der Waals surface area contributed by atoms with E-state index in [-0.39, 0.29) is 15.5 Å². The molecule has 0 bridgehead atoms. The minimum absolute atomic E-state index is 0.0247. The minimum Gasteiger partial charge on any atom is -0.377 e. The third-order valence-electron chi connectivity index (χ3n) is 4.32. The van der Waals surface area contributed by atoms with Crippen molar-refractivity contribution < 1.29 is 17.6 Å². The molecule has 0 saturated carbocycles. The highest BCUT2D eigenvalue weighted by Gasteiger charge is 2.19. The molecule has 0 aliphatic rings. The van der Waals surface area contributed by atoms with Crippen LogP contribution in [0.15, 0.2) is 65.6 Å². The van der Waals surface area contributed by atoms with E-state index >= 15 is 0 Å². The lowest BCUT2D eigenvalue weighted by atomic mass is 10.1. The first-order valence-corrected chi connectivity index (χ1v) is 10.7. The summed E-state index contributed by atoms with van der Waals surface area (Å²) in [4.78, 5) is 16.0. The molecule has 0 unspecified atom stereocenters. The lowest BCUT2D eigenvalue weighted by molar-refractivity contribution is -0.116. The van der Waals surface area contributed by atoms with Crippen LogP contribution >= 0.6 is 11.6 Å². The molecular weight excluding hydrogens is 429 g/mol. The number of halogens is 2. The standard InChI is InChI=1S/C21H19ClFN3O3S/c1-26(2)19-7-3-6-17-16(19)5-4-8-20(17)30(28,29)25-24-21(27)12-10-14-9-11-15(22)13-18(14)23/h3-13,25H,1-2H3,(H,24,27). The second-order valence-electron chi connectivity index (χ2n) is 6.62. The van der Waals surface area contributed by atoms with Gasteiger partial charge in [0, 0.05) is 47.2 Å². The van der Waals surface area contributed by atoms with E-state index in [2.05, 4.69) is 10.3 Å². The number of fused-ring (bicyclic) bond motifs is 1. The first-order chi connectivity index (χ1) is 14.2. The Labute approximate surface area is 179 Å². The van der Waals surface area contributed by atoms with Crippen LogP contribution in [0.25, 0.3) is 16.8 Å². The van der Waals surface area contributed by atoms with Gasteiger partial charge in [-0.05, 0) is 30.3 Å². The maximum absolute atomic E-state index is 13.8. The van der Waals surface area contributed by atoms with Crippen LogP contribution in [0.1, 0.15) is 5.56 Å². The highest BCUT2D eigenvalue weighted by molar-refractivity contribution is 7.89. The van der Waals surface area contributed by atoms with Crippen LogP contribution in [-0.2, 0) is 14.8 Å². The van der Waals surface area contributed by atoms with E-state index in [1.165, 1.54) is 24.3 Å². The van der Waals surface area contributed by atoms with E-state index in [4.69, 9.17) is 11.6 Å². The van der Waals surface area contributed by atoms with E-state index in [1.807, 2.05) is 31.1 Å². The summed E-state index contributed by atoms with van der Waals surface area (Å²) in [7, 11) is -0.316. The van der Waals surface area contributed by atoms with Gasteiger partial charge in [-0.25, -0.2) is 12.8 Å². The van der Waals surface area contributed by atoms with Crippen LogP contribution in [0.4, 0.5) is 10.1 Å². The van der Waals surface area contributed by atoms with Crippen molar-refractivity contribution in [3.05, 3.63) is 77.1 Å². The van der Waals surface area contributed by atoms with E-state index < -0.39 is 21.7 Å². The molecule has 2 N–H and O–H groups in total. The zero-order valence-corrected chi connectivity index (χ0v) is 17.8. The number of hydrogen-bond donors (Lipinski definition) is 2. The number of carbonyl (C=O) groups is 1. The summed E-state index contributed by atoms with van der Waals surface area (Å²) in [6.45, 7) is 0. The predicted octanol–water partition coefficient (Wildman–Crippen LogP) is 3.72. The number of nitrogens with zero attached hydrogens (tertiary/aromatic N) is 1. The average molecular weight is 448 g/mol. The monoisotopic (exact) mass is 447 g/mol. The Balaban J connectivity index is 1.79. The first kappa shape index (κ1) is 21.8. The van der Waals surface area contributed by atoms with Gasteiger partial charge in [-0.1, -0.05) is 41.9 Å². The van der Waals surface area contributed by atoms with Crippen molar-refractivity contribution >= 4 is 50.1 Å². The highest BCUT2D eigenvalue weighted by Crippen LogP contribution is 2.29. The predicted molar refractivity (Wildman–Crippen MR) is 117 cm³/mol.